The molecular weight excluding hydrogens is 377 g/mol. The molecule has 0 spiro atoms. The Hall–Kier alpha value is -2.30. The van der Waals surface area contributed by atoms with Gasteiger partial charge in [0, 0.05) is 12.1 Å². The van der Waals surface area contributed by atoms with E-state index in [1.165, 1.54) is 25.0 Å². The molecular formula is C25H32FN3O. The maximum absolute atomic E-state index is 14.4. The fourth-order valence-electron chi connectivity index (χ4n) is 5.50. The first-order valence-electron chi connectivity index (χ1n) is 11.4. The summed E-state index contributed by atoms with van der Waals surface area (Å²) in [5.41, 5.74) is 2.62. The van der Waals surface area contributed by atoms with Crippen molar-refractivity contribution in [2.24, 2.45) is 11.8 Å². The molecule has 0 bridgehead atoms. The second kappa shape index (κ2) is 9.23. The molecule has 0 aromatic carbocycles. The van der Waals surface area contributed by atoms with E-state index in [9.17, 15) is 9.18 Å². The average molecular weight is 410 g/mol. The van der Waals surface area contributed by atoms with Crippen molar-refractivity contribution >= 4 is 11.6 Å². The molecule has 2 aromatic heterocycles. The Labute approximate surface area is 178 Å². The van der Waals surface area contributed by atoms with Gasteiger partial charge in [0.25, 0.3) is 5.91 Å². The Morgan fingerprint density at radius 1 is 1.00 bits per heavy atom. The zero-order chi connectivity index (χ0) is 21.1. The second-order valence-corrected chi connectivity index (χ2v) is 9.43. The van der Waals surface area contributed by atoms with Crippen LogP contribution in [0.15, 0.2) is 30.6 Å². The number of nitrogens with zero attached hydrogens (tertiary/aromatic N) is 2. The molecule has 1 unspecified atom stereocenters. The lowest BCUT2D eigenvalue weighted by molar-refractivity contribution is 0.102. The van der Waals surface area contributed by atoms with E-state index in [0.29, 0.717) is 23.4 Å². The predicted octanol–water partition coefficient (Wildman–Crippen LogP) is 6.46. The first-order valence-corrected chi connectivity index (χ1v) is 11.4. The maximum Gasteiger partial charge on any atom is 0.274 e. The van der Waals surface area contributed by atoms with Crippen molar-refractivity contribution in [2.75, 3.05) is 5.32 Å². The van der Waals surface area contributed by atoms with E-state index in [4.69, 9.17) is 0 Å². The van der Waals surface area contributed by atoms with Gasteiger partial charge in [0.15, 0.2) is 0 Å². The van der Waals surface area contributed by atoms with E-state index in [0.717, 1.165) is 49.8 Å². The van der Waals surface area contributed by atoms with Crippen LogP contribution in [0.4, 0.5) is 10.1 Å². The number of halogens is 1. The van der Waals surface area contributed by atoms with E-state index < -0.39 is 0 Å². The Morgan fingerprint density at radius 2 is 1.73 bits per heavy atom. The Morgan fingerprint density at radius 3 is 2.47 bits per heavy atom. The quantitative estimate of drug-likeness (QED) is 0.631. The number of amides is 1. The van der Waals surface area contributed by atoms with Crippen LogP contribution in [-0.2, 0) is 0 Å². The third-order valence-electron chi connectivity index (χ3n) is 6.82. The van der Waals surface area contributed by atoms with E-state index in [-0.39, 0.29) is 23.3 Å². The van der Waals surface area contributed by atoms with Crippen LogP contribution in [-0.4, -0.2) is 15.9 Å². The second-order valence-electron chi connectivity index (χ2n) is 9.43. The van der Waals surface area contributed by atoms with Crippen LogP contribution in [0.5, 0.6) is 0 Å². The molecule has 5 heteroatoms. The van der Waals surface area contributed by atoms with Gasteiger partial charge in [-0.2, -0.15) is 0 Å². The smallest absolute Gasteiger partial charge is 0.274 e. The third kappa shape index (κ3) is 4.71. The van der Waals surface area contributed by atoms with Crippen molar-refractivity contribution in [3.63, 3.8) is 0 Å². The minimum absolute atomic E-state index is 0.116. The molecule has 4 nitrogen and oxygen atoms in total. The van der Waals surface area contributed by atoms with Gasteiger partial charge in [0.2, 0.25) is 0 Å². The van der Waals surface area contributed by atoms with E-state index >= 15 is 0 Å². The number of carbonyl (C=O) groups is 1. The molecule has 2 aliphatic rings. The summed E-state index contributed by atoms with van der Waals surface area (Å²) in [6.45, 7) is 4.61. The number of aromatic nitrogens is 2. The SMILES string of the molecule is C[C@@H]1CC(c2ccncc2NC(=O)c2ccc(F)c(C3CCCCC3)n2)C[C@H](C)C1. The number of carbonyl (C=O) groups excluding carboxylic acids is 1. The van der Waals surface area contributed by atoms with Gasteiger partial charge >= 0.3 is 0 Å². The number of anilines is 1. The molecule has 2 fully saturated rings. The molecule has 1 N–H and O–H groups in total. The van der Waals surface area contributed by atoms with Crippen LogP contribution in [0.2, 0.25) is 0 Å². The minimum Gasteiger partial charge on any atom is -0.319 e. The summed E-state index contributed by atoms with van der Waals surface area (Å²) in [5.74, 6) is 1.29. The highest BCUT2D eigenvalue weighted by molar-refractivity contribution is 6.03. The van der Waals surface area contributed by atoms with E-state index in [1.54, 1.807) is 12.4 Å². The Balaban J connectivity index is 1.55. The highest BCUT2D eigenvalue weighted by atomic mass is 19.1. The van der Waals surface area contributed by atoms with Crippen molar-refractivity contribution in [1.82, 2.24) is 9.97 Å². The summed E-state index contributed by atoms with van der Waals surface area (Å²) in [5, 5.41) is 3.02. The van der Waals surface area contributed by atoms with Gasteiger partial charge in [-0.05, 0) is 73.6 Å². The van der Waals surface area contributed by atoms with Crippen LogP contribution >= 0.6 is 0 Å². The lowest BCUT2D eigenvalue weighted by Gasteiger charge is -2.32. The van der Waals surface area contributed by atoms with Crippen LogP contribution in [0, 0.1) is 17.7 Å². The van der Waals surface area contributed by atoms with Crippen molar-refractivity contribution in [3.05, 3.63) is 53.4 Å². The van der Waals surface area contributed by atoms with Gasteiger partial charge in [-0.3, -0.25) is 9.78 Å². The highest BCUT2D eigenvalue weighted by Gasteiger charge is 2.27. The first-order chi connectivity index (χ1) is 14.5. The van der Waals surface area contributed by atoms with Crippen molar-refractivity contribution in [1.29, 1.82) is 0 Å². The monoisotopic (exact) mass is 409 g/mol. The Bertz CT molecular complexity index is 884. The number of pyridine rings is 2. The lowest BCUT2D eigenvalue weighted by atomic mass is 9.74. The highest BCUT2D eigenvalue weighted by Crippen LogP contribution is 2.41. The molecule has 2 aromatic rings. The summed E-state index contributed by atoms with van der Waals surface area (Å²) in [7, 11) is 0. The van der Waals surface area contributed by atoms with Gasteiger partial charge < -0.3 is 5.32 Å². The molecule has 2 saturated carbocycles. The van der Waals surface area contributed by atoms with Crippen LogP contribution in [0.25, 0.3) is 0 Å². The largest absolute Gasteiger partial charge is 0.319 e. The molecule has 30 heavy (non-hydrogen) atoms. The summed E-state index contributed by atoms with van der Waals surface area (Å²) in [4.78, 5) is 21.7. The minimum atomic E-state index is -0.300. The molecule has 4 rings (SSSR count). The van der Waals surface area contributed by atoms with E-state index in [2.05, 4.69) is 29.1 Å². The molecule has 2 aliphatic carbocycles. The van der Waals surface area contributed by atoms with E-state index in [1.807, 2.05) is 6.07 Å². The summed E-state index contributed by atoms with van der Waals surface area (Å²) < 4.78 is 14.4. The Kier molecular flexibility index (Phi) is 6.45. The van der Waals surface area contributed by atoms with Crippen molar-refractivity contribution < 1.29 is 9.18 Å². The molecule has 0 aliphatic heterocycles. The van der Waals surface area contributed by atoms with Crippen LogP contribution in [0.3, 0.4) is 0 Å². The van der Waals surface area contributed by atoms with Crippen LogP contribution in [0.1, 0.15) is 98.8 Å². The van der Waals surface area contributed by atoms with Gasteiger partial charge in [-0.15, -0.1) is 0 Å². The number of rotatable bonds is 4. The lowest BCUT2D eigenvalue weighted by Crippen LogP contribution is -2.21. The molecule has 1 amide bonds. The van der Waals surface area contributed by atoms with Crippen LogP contribution < -0.4 is 5.32 Å². The third-order valence-corrected chi connectivity index (χ3v) is 6.82. The fourth-order valence-corrected chi connectivity index (χ4v) is 5.50. The summed E-state index contributed by atoms with van der Waals surface area (Å²) >= 11 is 0. The topological polar surface area (TPSA) is 54.9 Å². The fraction of sp³-hybridized carbons (Fsp3) is 0.560. The zero-order valence-corrected chi connectivity index (χ0v) is 18.0. The molecule has 3 atom stereocenters. The van der Waals surface area contributed by atoms with Gasteiger partial charge in [0.05, 0.1) is 17.6 Å². The number of nitrogens with one attached hydrogen (secondary N) is 1. The number of hydrogen-bond donors (Lipinski definition) is 1. The van der Waals surface area contributed by atoms with Crippen molar-refractivity contribution in [2.45, 2.75) is 77.0 Å². The zero-order valence-electron chi connectivity index (χ0n) is 18.0. The van der Waals surface area contributed by atoms with Gasteiger partial charge in [0.1, 0.15) is 11.5 Å². The van der Waals surface area contributed by atoms with Crippen molar-refractivity contribution in [3.8, 4) is 0 Å². The molecule has 0 radical (unpaired) electrons. The molecule has 0 saturated heterocycles. The standard InChI is InChI=1S/C25H32FN3O/c1-16-12-17(2)14-19(13-16)20-10-11-27-15-23(20)29-25(30)22-9-8-21(26)24(28-22)18-6-4-3-5-7-18/h8-11,15-19H,3-7,12-14H2,1-2H3,(H,29,30)/t16-,17+,19?. The molecule has 2 heterocycles. The summed E-state index contributed by atoms with van der Waals surface area (Å²) in [6.07, 6.45) is 12.3. The van der Waals surface area contributed by atoms with Gasteiger partial charge in [-0.1, -0.05) is 33.1 Å². The number of hydrogen-bond acceptors (Lipinski definition) is 3. The average Bonchev–Trinajstić information content (AvgIpc) is 2.74. The molecule has 160 valence electrons. The predicted molar refractivity (Wildman–Crippen MR) is 117 cm³/mol. The summed E-state index contributed by atoms with van der Waals surface area (Å²) in [6, 6.07) is 4.90. The van der Waals surface area contributed by atoms with Gasteiger partial charge in [-0.25, -0.2) is 9.37 Å². The first kappa shape index (κ1) is 21.0. The maximum atomic E-state index is 14.4. The normalized spacial score (nSPS) is 25.1.